The Morgan fingerprint density at radius 2 is 1.92 bits per heavy atom. The molecule has 0 unspecified atom stereocenters. The van der Waals surface area contributed by atoms with Crippen LogP contribution in [0.2, 0.25) is 0 Å². The molecular formula is C7H16CaO4. The van der Waals surface area contributed by atoms with Crippen LogP contribution in [0, 0.1) is 0 Å². The number of hydrogen-bond donors (Lipinski definition) is 3. The van der Waals surface area contributed by atoms with Gasteiger partial charge in [0.2, 0.25) is 0 Å². The molecule has 0 aromatic rings. The van der Waals surface area contributed by atoms with Crippen molar-refractivity contribution >= 4 is 43.7 Å². The maximum Gasteiger partial charge on any atom is 2.00 e. The molecule has 0 amide bonds. The Morgan fingerprint density at radius 3 is 2.25 bits per heavy atom. The number of aliphatic hydroxyl groups is 2. The topological polar surface area (TPSA) is 77.8 Å². The molecule has 0 saturated heterocycles. The normalized spacial score (nSPS) is 10.6. The minimum absolute atomic E-state index is 0. The van der Waals surface area contributed by atoms with E-state index >= 15 is 0 Å². The Labute approximate surface area is 105 Å². The smallest absolute Gasteiger partial charge is 1.00 e. The van der Waals surface area contributed by atoms with Crippen LogP contribution in [-0.4, -0.2) is 64.8 Å². The third-order valence-electron chi connectivity index (χ3n) is 1.47. The van der Waals surface area contributed by atoms with Gasteiger partial charge in [0, 0.05) is 6.42 Å². The average molecular weight is 204 g/mol. The van der Waals surface area contributed by atoms with Gasteiger partial charge in [-0.05, 0) is 6.42 Å². The largest absolute Gasteiger partial charge is 2.00 e. The number of carbonyl (C=O) groups is 1. The standard InChI is InChI=1S/C7H14O4.Ca.2H/c1-2-3-4-5-7(10,11)6(8)9;;;/h10-11H,2-5H2,1H3,(H,8,9);;;/q;+2;2*-1. The number of unbranched alkanes of at least 4 members (excludes halogenated alkanes) is 2. The molecule has 0 saturated carbocycles. The molecule has 0 aromatic carbocycles. The van der Waals surface area contributed by atoms with Crippen LogP contribution in [0.15, 0.2) is 0 Å². The fourth-order valence-corrected chi connectivity index (χ4v) is 0.728. The predicted molar refractivity (Wildman–Crippen MR) is 46.9 cm³/mol. The van der Waals surface area contributed by atoms with Gasteiger partial charge < -0.3 is 18.2 Å². The van der Waals surface area contributed by atoms with Crippen LogP contribution in [-0.2, 0) is 4.79 Å². The van der Waals surface area contributed by atoms with E-state index in [2.05, 4.69) is 0 Å². The summed E-state index contributed by atoms with van der Waals surface area (Å²) in [5.41, 5.74) is 0. The maximum atomic E-state index is 10.1. The van der Waals surface area contributed by atoms with Crippen molar-refractivity contribution in [2.75, 3.05) is 0 Å². The van der Waals surface area contributed by atoms with E-state index in [1.807, 2.05) is 6.92 Å². The van der Waals surface area contributed by atoms with Gasteiger partial charge in [-0.25, -0.2) is 4.79 Å². The van der Waals surface area contributed by atoms with Gasteiger partial charge in [0.15, 0.2) is 0 Å². The molecule has 5 heteroatoms. The first-order valence-corrected chi connectivity index (χ1v) is 3.69. The molecule has 0 radical (unpaired) electrons. The zero-order valence-electron chi connectivity index (χ0n) is 9.29. The van der Waals surface area contributed by atoms with Crippen molar-refractivity contribution in [1.29, 1.82) is 0 Å². The number of carboxylic acids is 1. The van der Waals surface area contributed by atoms with Crippen molar-refractivity contribution in [3.8, 4) is 0 Å². The first-order chi connectivity index (χ1) is 5.00. The Morgan fingerprint density at radius 1 is 1.42 bits per heavy atom. The van der Waals surface area contributed by atoms with Crippen LogP contribution in [0.5, 0.6) is 0 Å². The first-order valence-electron chi connectivity index (χ1n) is 3.69. The van der Waals surface area contributed by atoms with Crippen LogP contribution in [0.4, 0.5) is 0 Å². The summed E-state index contributed by atoms with van der Waals surface area (Å²) in [5, 5.41) is 25.8. The third-order valence-corrected chi connectivity index (χ3v) is 1.47. The van der Waals surface area contributed by atoms with Crippen molar-refractivity contribution in [2.24, 2.45) is 0 Å². The zero-order valence-corrected chi connectivity index (χ0v) is 9.49. The summed E-state index contributed by atoms with van der Waals surface area (Å²) >= 11 is 0. The van der Waals surface area contributed by atoms with E-state index in [0.717, 1.165) is 12.8 Å². The molecule has 0 atom stereocenters. The molecule has 0 aliphatic rings. The minimum Gasteiger partial charge on any atom is -1.00 e. The molecule has 0 aliphatic heterocycles. The average Bonchev–Trinajstić information content (AvgIpc) is 1.88. The van der Waals surface area contributed by atoms with Crippen LogP contribution in [0.3, 0.4) is 0 Å². The van der Waals surface area contributed by atoms with E-state index in [-0.39, 0.29) is 47.0 Å². The number of carboxylic acid groups (broad SMARTS) is 1. The van der Waals surface area contributed by atoms with Crippen molar-refractivity contribution < 1.29 is 23.0 Å². The molecule has 0 fully saturated rings. The van der Waals surface area contributed by atoms with E-state index < -0.39 is 11.8 Å². The quantitative estimate of drug-likeness (QED) is 0.339. The van der Waals surface area contributed by atoms with E-state index in [1.54, 1.807) is 0 Å². The number of hydrogen-bond acceptors (Lipinski definition) is 3. The second-order valence-corrected chi connectivity index (χ2v) is 2.58. The van der Waals surface area contributed by atoms with E-state index in [4.69, 9.17) is 15.3 Å². The van der Waals surface area contributed by atoms with Gasteiger partial charge in [-0.2, -0.15) is 0 Å². The molecule has 0 spiro atoms. The number of aliphatic carboxylic acids is 1. The second-order valence-electron chi connectivity index (χ2n) is 2.58. The molecule has 0 bridgehead atoms. The van der Waals surface area contributed by atoms with Gasteiger partial charge >= 0.3 is 43.7 Å². The van der Waals surface area contributed by atoms with E-state index in [9.17, 15) is 4.79 Å². The van der Waals surface area contributed by atoms with Crippen molar-refractivity contribution in [3.63, 3.8) is 0 Å². The summed E-state index contributed by atoms with van der Waals surface area (Å²) in [6.45, 7) is 1.96. The zero-order chi connectivity index (χ0) is 8.91. The van der Waals surface area contributed by atoms with Crippen molar-refractivity contribution in [3.05, 3.63) is 0 Å². The summed E-state index contributed by atoms with van der Waals surface area (Å²) in [6, 6.07) is 0. The molecule has 12 heavy (non-hydrogen) atoms. The fourth-order valence-electron chi connectivity index (χ4n) is 0.728. The monoisotopic (exact) mass is 204 g/mol. The van der Waals surface area contributed by atoms with E-state index in [1.165, 1.54) is 0 Å². The first kappa shape index (κ1) is 15.1. The van der Waals surface area contributed by atoms with Crippen LogP contribution < -0.4 is 0 Å². The number of rotatable bonds is 5. The van der Waals surface area contributed by atoms with Crippen LogP contribution in [0.1, 0.15) is 35.5 Å². The Hall–Kier alpha value is 0.650. The molecule has 3 N–H and O–H groups in total. The Kier molecular flexibility index (Phi) is 8.95. The fraction of sp³-hybridized carbons (Fsp3) is 0.857. The van der Waals surface area contributed by atoms with Gasteiger partial charge in [-0.15, -0.1) is 0 Å². The summed E-state index contributed by atoms with van der Waals surface area (Å²) in [4.78, 5) is 10.1. The minimum atomic E-state index is -2.53. The van der Waals surface area contributed by atoms with Gasteiger partial charge in [-0.3, -0.25) is 0 Å². The van der Waals surface area contributed by atoms with E-state index in [0.29, 0.717) is 6.42 Å². The van der Waals surface area contributed by atoms with Gasteiger partial charge in [0.25, 0.3) is 5.79 Å². The Balaban J connectivity index is -0.000000167. The summed E-state index contributed by atoms with van der Waals surface area (Å²) in [6.07, 6.45) is 2.16. The molecule has 0 aromatic heterocycles. The molecule has 70 valence electrons. The molecule has 0 aliphatic carbocycles. The SMILES string of the molecule is CCCCCC(O)(O)C(=O)O.[Ca+2].[H-].[H-]. The van der Waals surface area contributed by atoms with Gasteiger partial charge in [-0.1, -0.05) is 19.8 Å². The predicted octanol–water partition coefficient (Wildman–Crippen LogP) is 0.176. The van der Waals surface area contributed by atoms with Crippen molar-refractivity contribution in [1.82, 2.24) is 0 Å². The van der Waals surface area contributed by atoms with Crippen LogP contribution >= 0.6 is 0 Å². The third kappa shape index (κ3) is 6.20. The summed E-state index contributed by atoms with van der Waals surface area (Å²) in [7, 11) is 0. The molecule has 4 nitrogen and oxygen atoms in total. The molecule has 0 heterocycles. The van der Waals surface area contributed by atoms with Crippen molar-refractivity contribution in [2.45, 2.75) is 38.4 Å². The van der Waals surface area contributed by atoms with Gasteiger partial charge in [0.05, 0.1) is 0 Å². The molecular weight excluding hydrogens is 188 g/mol. The van der Waals surface area contributed by atoms with Gasteiger partial charge in [0.1, 0.15) is 0 Å². The molecule has 0 rings (SSSR count). The Bertz CT molecular complexity index is 144. The van der Waals surface area contributed by atoms with Crippen LogP contribution in [0.25, 0.3) is 0 Å². The summed E-state index contributed by atoms with van der Waals surface area (Å²) < 4.78 is 0. The summed E-state index contributed by atoms with van der Waals surface area (Å²) in [5.74, 6) is -4.11. The maximum absolute atomic E-state index is 10.1. The second kappa shape index (κ2) is 7.09.